The van der Waals surface area contributed by atoms with E-state index in [1.54, 1.807) is 17.8 Å². The number of rotatable bonds is 6. The Labute approximate surface area is 155 Å². The Morgan fingerprint density at radius 3 is 2.42 bits per heavy atom. The van der Waals surface area contributed by atoms with Crippen molar-refractivity contribution in [3.8, 4) is 0 Å². The SMILES string of the molecule is O=P(O)(O)C(F)(F)c1ccc(CSCc2ccccc2Cl)cc1Br. The lowest BCUT2D eigenvalue weighted by atomic mass is 10.1. The molecule has 24 heavy (non-hydrogen) atoms. The summed E-state index contributed by atoms with van der Waals surface area (Å²) < 4.78 is 38.4. The summed E-state index contributed by atoms with van der Waals surface area (Å²) in [7, 11) is -5.58. The molecule has 0 unspecified atom stereocenters. The minimum Gasteiger partial charge on any atom is -0.320 e. The van der Waals surface area contributed by atoms with E-state index in [9.17, 15) is 13.3 Å². The summed E-state index contributed by atoms with van der Waals surface area (Å²) in [5.74, 6) is 1.21. The summed E-state index contributed by atoms with van der Waals surface area (Å²) in [5.41, 5.74) is -3.22. The highest BCUT2D eigenvalue weighted by Crippen LogP contribution is 2.60. The fourth-order valence-electron chi connectivity index (χ4n) is 1.94. The van der Waals surface area contributed by atoms with Gasteiger partial charge in [0.05, 0.1) is 0 Å². The summed E-state index contributed by atoms with van der Waals surface area (Å²) in [6.07, 6.45) is 0. The van der Waals surface area contributed by atoms with Gasteiger partial charge in [-0.3, -0.25) is 4.57 Å². The lowest BCUT2D eigenvalue weighted by molar-refractivity contribution is 0.0557. The van der Waals surface area contributed by atoms with E-state index >= 15 is 0 Å². The molecule has 0 saturated carbocycles. The van der Waals surface area contributed by atoms with Gasteiger partial charge >= 0.3 is 13.3 Å². The van der Waals surface area contributed by atoms with Gasteiger partial charge in [-0.1, -0.05) is 57.9 Å². The minimum absolute atomic E-state index is 0.0355. The molecule has 0 heterocycles. The van der Waals surface area contributed by atoms with Crippen LogP contribution in [-0.2, 0) is 21.7 Å². The van der Waals surface area contributed by atoms with Crippen LogP contribution >= 0.6 is 46.9 Å². The van der Waals surface area contributed by atoms with E-state index < -0.39 is 18.8 Å². The molecule has 0 bridgehead atoms. The van der Waals surface area contributed by atoms with Crippen molar-refractivity contribution >= 4 is 46.9 Å². The van der Waals surface area contributed by atoms with Gasteiger partial charge in [0.1, 0.15) is 0 Å². The lowest BCUT2D eigenvalue weighted by Gasteiger charge is -2.19. The van der Waals surface area contributed by atoms with Gasteiger partial charge in [0.2, 0.25) is 0 Å². The molecule has 130 valence electrons. The number of hydrogen-bond acceptors (Lipinski definition) is 2. The van der Waals surface area contributed by atoms with Crippen molar-refractivity contribution in [2.45, 2.75) is 17.2 Å². The number of alkyl halides is 2. The van der Waals surface area contributed by atoms with E-state index in [4.69, 9.17) is 21.4 Å². The predicted octanol–water partition coefficient (Wildman–Crippen LogP) is 5.76. The first-order valence-corrected chi connectivity index (χ1v) is 10.6. The summed E-state index contributed by atoms with van der Waals surface area (Å²) in [5, 5.41) is 0.669. The molecule has 0 aromatic heterocycles. The van der Waals surface area contributed by atoms with Crippen molar-refractivity contribution in [2.75, 3.05) is 0 Å². The van der Waals surface area contributed by atoms with Gasteiger partial charge in [-0.05, 0) is 23.3 Å². The fourth-order valence-corrected chi connectivity index (χ4v) is 4.55. The van der Waals surface area contributed by atoms with E-state index in [1.807, 2.05) is 18.2 Å². The second-order valence-corrected chi connectivity index (χ2v) is 8.88. The van der Waals surface area contributed by atoms with Crippen molar-refractivity contribution < 1.29 is 23.1 Å². The third kappa shape index (κ3) is 4.59. The number of thioether (sulfide) groups is 1. The first-order chi connectivity index (χ1) is 11.1. The van der Waals surface area contributed by atoms with Crippen molar-refractivity contribution in [3.63, 3.8) is 0 Å². The summed E-state index contributed by atoms with van der Waals surface area (Å²) in [6.45, 7) is 0. The Morgan fingerprint density at radius 1 is 1.17 bits per heavy atom. The highest BCUT2D eigenvalue weighted by Gasteiger charge is 2.51. The predicted molar refractivity (Wildman–Crippen MR) is 96.5 cm³/mol. The second kappa shape index (κ2) is 7.85. The van der Waals surface area contributed by atoms with Crippen molar-refractivity contribution in [1.29, 1.82) is 0 Å². The molecule has 2 aromatic carbocycles. The zero-order valence-corrected chi connectivity index (χ0v) is 16.2. The molecule has 2 rings (SSSR count). The van der Waals surface area contributed by atoms with Gasteiger partial charge < -0.3 is 9.79 Å². The molecule has 0 atom stereocenters. The molecule has 0 spiro atoms. The first kappa shape index (κ1) is 19.9. The number of halogens is 4. The van der Waals surface area contributed by atoms with E-state index in [0.717, 1.165) is 17.2 Å². The Kier molecular flexibility index (Phi) is 6.51. The summed E-state index contributed by atoms with van der Waals surface area (Å²) in [4.78, 5) is 17.6. The van der Waals surface area contributed by atoms with Crippen LogP contribution in [0.3, 0.4) is 0 Å². The molecule has 9 heteroatoms. The molecule has 0 aliphatic carbocycles. The van der Waals surface area contributed by atoms with E-state index in [2.05, 4.69) is 15.9 Å². The molecule has 0 saturated heterocycles. The zero-order valence-electron chi connectivity index (χ0n) is 12.1. The van der Waals surface area contributed by atoms with Crippen LogP contribution in [0.4, 0.5) is 8.78 Å². The maximum absolute atomic E-state index is 13.8. The fraction of sp³-hybridized carbons (Fsp3) is 0.200. The van der Waals surface area contributed by atoms with Crippen molar-refractivity contribution in [2.24, 2.45) is 0 Å². The standard InChI is InChI=1S/C15H13BrClF2O3PS/c16-13-7-10(5-6-12(13)15(18,19)23(20,21)22)8-24-9-11-3-1-2-4-14(11)17/h1-7H,8-9H2,(H2,20,21,22). The molecule has 3 nitrogen and oxygen atoms in total. The molecule has 2 aromatic rings. The van der Waals surface area contributed by atoms with Gasteiger partial charge in [0, 0.05) is 26.6 Å². The highest BCUT2D eigenvalue weighted by molar-refractivity contribution is 9.10. The minimum atomic E-state index is -5.58. The first-order valence-electron chi connectivity index (χ1n) is 6.66. The van der Waals surface area contributed by atoms with Gasteiger partial charge in [-0.25, -0.2) is 0 Å². The van der Waals surface area contributed by atoms with Crippen LogP contribution in [0.25, 0.3) is 0 Å². The molecule has 0 amide bonds. The van der Waals surface area contributed by atoms with Gasteiger partial charge in [0.25, 0.3) is 0 Å². The highest BCUT2D eigenvalue weighted by atomic mass is 79.9. The van der Waals surface area contributed by atoms with Crippen LogP contribution < -0.4 is 0 Å². The quantitative estimate of drug-likeness (QED) is 0.541. The van der Waals surface area contributed by atoms with Crippen LogP contribution in [0.2, 0.25) is 5.02 Å². The van der Waals surface area contributed by atoms with E-state index in [0.29, 0.717) is 16.5 Å². The Morgan fingerprint density at radius 2 is 1.83 bits per heavy atom. The van der Waals surface area contributed by atoms with Crippen LogP contribution in [-0.4, -0.2) is 9.79 Å². The molecule has 0 radical (unpaired) electrons. The largest absolute Gasteiger partial charge is 0.399 e. The Balaban J connectivity index is 2.08. The Bertz CT molecular complexity index is 785. The topological polar surface area (TPSA) is 57.5 Å². The maximum Gasteiger partial charge on any atom is 0.399 e. The van der Waals surface area contributed by atoms with Crippen LogP contribution in [0.1, 0.15) is 16.7 Å². The molecular weight excluding hydrogens is 445 g/mol. The van der Waals surface area contributed by atoms with Crippen LogP contribution in [0.5, 0.6) is 0 Å². The number of hydrogen-bond donors (Lipinski definition) is 2. The molecule has 0 aliphatic rings. The monoisotopic (exact) mass is 456 g/mol. The van der Waals surface area contributed by atoms with Gasteiger partial charge in [0.15, 0.2) is 0 Å². The van der Waals surface area contributed by atoms with E-state index in [-0.39, 0.29) is 4.47 Å². The summed E-state index contributed by atoms with van der Waals surface area (Å²) in [6, 6.07) is 11.4. The number of benzene rings is 2. The molecule has 2 N–H and O–H groups in total. The average molecular weight is 458 g/mol. The zero-order chi connectivity index (χ0) is 18.0. The van der Waals surface area contributed by atoms with E-state index in [1.165, 1.54) is 12.1 Å². The molecule has 0 fully saturated rings. The molecular formula is C15H13BrClF2O3PS. The third-order valence-electron chi connectivity index (χ3n) is 3.21. The lowest BCUT2D eigenvalue weighted by Crippen LogP contribution is -2.14. The van der Waals surface area contributed by atoms with Crippen LogP contribution in [0, 0.1) is 0 Å². The summed E-state index contributed by atoms with van der Waals surface area (Å²) >= 11 is 10.6. The normalized spacial score (nSPS) is 12.4. The third-order valence-corrected chi connectivity index (χ3v) is 6.26. The van der Waals surface area contributed by atoms with Crippen molar-refractivity contribution in [3.05, 3.63) is 68.7 Å². The Hall–Kier alpha value is -0.430. The second-order valence-electron chi connectivity index (χ2n) is 4.98. The van der Waals surface area contributed by atoms with Crippen molar-refractivity contribution in [1.82, 2.24) is 0 Å². The average Bonchev–Trinajstić information content (AvgIpc) is 2.48. The van der Waals surface area contributed by atoms with Crippen LogP contribution in [0.15, 0.2) is 46.9 Å². The molecule has 0 aliphatic heterocycles. The van der Waals surface area contributed by atoms with Gasteiger partial charge in [-0.2, -0.15) is 20.5 Å². The van der Waals surface area contributed by atoms with Gasteiger partial charge in [-0.15, -0.1) is 0 Å². The maximum atomic E-state index is 13.8. The smallest absolute Gasteiger partial charge is 0.320 e.